The zero-order valence-corrected chi connectivity index (χ0v) is 13.5. The second-order valence-corrected chi connectivity index (χ2v) is 7.50. The number of aryl methyl sites for hydroxylation is 3. The average Bonchev–Trinajstić information content (AvgIpc) is 2.99. The van der Waals surface area contributed by atoms with Gasteiger partial charge in [-0.05, 0) is 36.8 Å². The summed E-state index contributed by atoms with van der Waals surface area (Å²) < 4.78 is 1.95. The number of hydrazine groups is 1. The predicted octanol–water partition coefficient (Wildman–Crippen LogP) is 2.33. The van der Waals surface area contributed by atoms with Crippen LogP contribution in [0, 0.1) is 6.92 Å². The molecule has 1 atom stereocenters. The molecular formula is C14H20N4S2. The quantitative estimate of drug-likeness (QED) is 0.672. The maximum Gasteiger partial charge on any atom is 0.0608 e. The van der Waals surface area contributed by atoms with E-state index in [-0.39, 0.29) is 6.04 Å². The molecule has 0 saturated carbocycles. The highest BCUT2D eigenvalue weighted by atomic mass is 32.2. The highest BCUT2D eigenvalue weighted by Gasteiger charge is 2.20. The van der Waals surface area contributed by atoms with E-state index in [2.05, 4.69) is 22.7 Å². The Labute approximate surface area is 127 Å². The van der Waals surface area contributed by atoms with Crippen molar-refractivity contribution in [3.8, 4) is 0 Å². The highest BCUT2D eigenvalue weighted by Crippen LogP contribution is 2.35. The van der Waals surface area contributed by atoms with Gasteiger partial charge < -0.3 is 0 Å². The van der Waals surface area contributed by atoms with Gasteiger partial charge in [-0.2, -0.15) is 16.9 Å². The Morgan fingerprint density at radius 3 is 3.00 bits per heavy atom. The first-order valence-corrected chi connectivity index (χ1v) is 8.79. The molecule has 1 aliphatic heterocycles. The van der Waals surface area contributed by atoms with Crippen LogP contribution in [0.5, 0.6) is 0 Å². The monoisotopic (exact) mass is 308 g/mol. The summed E-state index contributed by atoms with van der Waals surface area (Å²) in [5, 5.41) is 4.41. The second-order valence-electron chi connectivity index (χ2n) is 5.22. The molecule has 2 aromatic rings. The van der Waals surface area contributed by atoms with Crippen LogP contribution in [-0.2, 0) is 25.6 Å². The Kier molecular flexibility index (Phi) is 4.16. The smallest absolute Gasteiger partial charge is 0.0608 e. The number of aromatic nitrogens is 2. The number of thioether (sulfide) groups is 1. The molecule has 3 heterocycles. The number of nitrogens with one attached hydrogen (secondary N) is 1. The number of hydrogen-bond donors (Lipinski definition) is 2. The molecule has 6 heteroatoms. The molecule has 3 rings (SSSR count). The van der Waals surface area contributed by atoms with Crippen molar-refractivity contribution < 1.29 is 0 Å². The van der Waals surface area contributed by atoms with Crippen LogP contribution >= 0.6 is 23.1 Å². The topological polar surface area (TPSA) is 55.9 Å². The van der Waals surface area contributed by atoms with E-state index in [1.54, 1.807) is 4.88 Å². The lowest BCUT2D eigenvalue weighted by molar-refractivity contribution is 0.537. The number of hydrogen-bond acceptors (Lipinski definition) is 5. The van der Waals surface area contributed by atoms with Crippen molar-refractivity contribution in [3.63, 3.8) is 0 Å². The third-order valence-electron chi connectivity index (χ3n) is 3.70. The number of nitrogens with two attached hydrogens (primary N) is 1. The fraction of sp³-hybridized carbons (Fsp3) is 0.500. The summed E-state index contributed by atoms with van der Waals surface area (Å²) in [6, 6.07) is 4.64. The zero-order chi connectivity index (χ0) is 14.1. The fourth-order valence-corrected chi connectivity index (χ4v) is 5.08. The van der Waals surface area contributed by atoms with Gasteiger partial charge in [-0.3, -0.25) is 16.0 Å². The van der Waals surface area contributed by atoms with Crippen molar-refractivity contribution in [1.82, 2.24) is 15.2 Å². The van der Waals surface area contributed by atoms with E-state index in [0.717, 1.165) is 17.9 Å². The fourth-order valence-electron chi connectivity index (χ4n) is 2.65. The van der Waals surface area contributed by atoms with Crippen LogP contribution in [0.25, 0.3) is 0 Å². The third-order valence-corrected chi connectivity index (χ3v) is 6.06. The Morgan fingerprint density at radius 2 is 2.35 bits per heavy atom. The first-order chi connectivity index (χ1) is 9.67. The lowest BCUT2D eigenvalue weighted by atomic mass is 10.1. The number of fused-ring (bicyclic) bond motifs is 1. The molecule has 4 nitrogen and oxygen atoms in total. The van der Waals surface area contributed by atoms with E-state index in [1.165, 1.54) is 28.3 Å². The summed E-state index contributed by atoms with van der Waals surface area (Å²) in [6.07, 6.45) is 2.08. The van der Waals surface area contributed by atoms with Gasteiger partial charge in [-0.15, -0.1) is 11.3 Å². The molecule has 108 valence electrons. The molecule has 0 radical (unpaired) electrons. The van der Waals surface area contributed by atoms with E-state index in [9.17, 15) is 0 Å². The van der Waals surface area contributed by atoms with Crippen molar-refractivity contribution in [1.29, 1.82) is 0 Å². The molecule has 2 aromatic heterocycles. The van der Waals surface area contributed by atoms with Crippen molar-refractivity contribution in [2.75, 3.05) is 5.75 Å². The Bertz CT molecular complexity index is 579. The van der Waals surface area contributed by atoms with E-state index < -0.39 is 0 Å². The number of thiophene rings is 1. The molecule has 0 aliphatic carbocycles. The van der Waals surface area contributed by atoms with Crippen molar-refractivity contribution in [2.24, 2.45) is 12.9 Å². The van der Waals surface area contributed by atoms with E-state index in [4.69, 9.17) is 5.84 Å². The first kappa shape index (κ1) is 14.1. The molecule has 0 spiro atoms. The van der Waals surface area contributed by atoms with Gasteiger partial charge in [0.2, 0.25) is 0 Å². The maximum atomic E-state index is 5.79. The Hall–Kier alpha value is -0.820. The van der Waals surface area contributed by atoms with Crippen LogP contribution < -0.4 is 11.3 Å². The highest BCUT2D eigenvalue weighted by molar-refractivity contribution is 7.98. The molecule has 0 saturated heterocycles. The van der Waals surface area contributed by atoms with E-state index in [1.807, 2.05) is 41.8 Å². The summed E-state index contributed by atoms with van der Waals surface area (Å²) >= 11 is 3.94. The van der Waals surface area contributed by atoms with Gasteiger partial charge in [0, 0.05) is 34.7 Å². The lowest BCUT2D eigenvalue weighted by Gasteiger charge is -2.14. The summed E-state index contributed by atoms with van der Waals surface area (Å²) in [4.78, 5) is 2.89. The van der Waals surface area contributed by atoms with Crippen LogP contribution in [-0.4, -0.2) is 15.5 Å². The van der Waals surface area contributed by atoms with Gasteiger partial charge in [0.25, 0.3) is 0 Å². The Morgan fingerprint density at radius 1 is 1.50 bits per heavy atom. The molecule has 1 unspecified atom stereocenters. The third kappa shape index (κ3) is 2.79. The van der Waals surface area contributed by atoms with Gasteiger partial charge in [0.15, 0.2) is 0 Å². The minimum absolute atomic E-state index is 0.172. The van der Waals surface area contributed by atoms with E-state index in [0.29, 0.717) is 0 Å². The minimum Gasteiger partial charge on any atom is -0.272 e. The summed E-state index contributed by atoms with van der Waals surface area (Å²) in [5.74, 6) is 8.18. The molecule has 0 amide bonds. The van der Waals surface area contributed by atoms with Gasteiger partial charge in [0.1, 0.15) is 0 Å². The maximum absolute atomic E-state index is 5.79. The minimum atomic E-state index is 0.172. The van der Waals surface area contributed by atoms with Gasteiger partial charge in [-0.1, -0.05) is 0 Å². The van der Waals surface area contributed by atoms with Crippen molar-refractivity contribution in [2.45, 2.75) is 31.6 Å². The molecule has 1 aliphatic rings. The van der Waals surface area contributed by atoms with Gasteiger partial charge in [0.05, 0.1) is 11.7 Å². The molecule has 0 aromatic carbocycles. The van der Waals surface area contributed by atoms with E-state index >= 15 is 0 Å². The van der Waals surface area contributed by atoms with Crippen molar-refractivity contribution >= 4 is 23.1 Å². The zero-order valence-electron chi connectivity index (χ0n) is 11.8. The molecule has 0 fully saturated rings. The lowest BCUT2D eigenvalue weighted by Crippen LogP contribution is -2.29. The number of rotatable bonds is 4. The second kappa shape index (κ2) is 5.89. The molecule has 20 heavy (non-hydrogen) atoms. The van der Waals surface area contributed by atoms with Gasteiger partial charge in [-0.25, -0.2) is 0 Å². The SMILES string of the molecule is Cc1cc(CC(NN)c2cc3c(s2)CCSC3)n(C)n1. The molecular weight excluding hydrogens is 288 g/mol. The number of nitrogens with zero attached hydrogens (tertiary/aromatic N) is 2. The largest absolute Gasteiger partial charge is 0.272 e. The van der Waals surface area contributed by atoms with Crippen LogP contribution in [0.3, 0.4) is 0 Å². The predicted molar refractivity (Wildman–Crippen MR) is 85.9 cm³/mol. The molecule has 3 N–H and O–H groups in total. The normalized spacial score (nSPS) is 16.1. The average molecular weight is 308 g/mol. The standard InChI is InChI=1S/C14H20N4S2/c1-9-5-11(18(2)17-9)7-12(16-15)14-6-10-8-19-4-3-13(10)20-14/h5-6,12,16H,3-4,7-8,15H2,1-2H3. The molecule has 0 bridgehead atoms. The Balaban J connectivity index is 1.82. The van der Waals surface area contributed by atoms with Crippen molar-refractivity contribution in [3.05, 3.63) is 38.8 Å². The summed E-state index contributed by atoms with van der Waals surface area (Å²) in [6.45, 7) is 2.02. The summed E-state index contributed by atoms with van der Waals surface area (Å²) in [7, 11) is 1.99. The van der Waals surface area contributed by atoms with Crippen LogP contribution in [0.1, 0.15) is 32.7 Å². The first-order valence-electron chi connectivity index (χ1n) is 6.82. The van der Waals surface area contributed by atoms with Gasteiger partial charge >= 0.3 is 0 Å². The van der Waals surface area contributed by atoms with Crippen LogP contribution in [0.15, 0.2) is 12.1 Å². The van der Waals surface area contributed by atoms with Crippen LogP contribution in [0.2, 0.25) is 0 Å². The summed E-state index contributed by atoms with van der Waals surface area (Å²) in [5.41, 5.74) is 6.75. The van der Waals surface area contributed by atoms with Crippen LogP contribution in [0.4, 0.5) is 0 Å².